The Morgan fingerprint density at radius 3 is 2.33 bits per heavy atom. The van der Waals surface area contributed by atoms with Crippen molar-refractivity contribution in [2.24, 2.45) is 0 Å². The first-order chi connectivity index (χ1) is 14.3. The van der Waals surface area contributed by atoms with Crippen molar-refractivity contribution >= 4 is 23.4 Å². The molecule has 0 fully saturated rings. The lowest BCUT2D eigenvalue weighted by Gasteiger charge is -2.24. The molecule has 0 radical (unpaired) electrons. The van der Waals surface area contributed by atoms with Gasteiger partial charge in [-0.05, 0) is 55.7 Å². The number of amides is 1. The number of nitrogens with one attached hydrogen (secondary N) is 2. The number of carboxylic acid groups (broad SMARTS) is 1. The van der Waals surface area contributed by atoms with Gasteiger partial charge >= 0.3 is 5.97 Å². The zero-order chi connectivity index (χ0) is 21.4. The van der Waals surface area contributed by atoms with Crippen molar-refractivity contribution in [1.82, 2.24) is 9.78 Å². The molecule has 0 saturated carbocycles. The van der Waals surface area contributed by atoms with E-state index in [0.29, 0.717) is 11.5 Å². The third-order valence-electron chi connectivity index (χ3n) is 5.01. The number of nitrogens with zero attached hydrogens (tertiary/aromatic N) is 2. The number of hydrogen-bond donors (Lipinski definition) is 3. The molecule has 0 spiro atoms. The van der Waals surface area contributed by atoms with Crippen LogP contribution in [0.3, 0.4) is 0 Å². The number of allylic oxidation sites excluding steroid dienone is 1. The standard InChI is InChI=1S/C23H22N4O3/c1-13-4-6-16(7-5-13)20-11-19(23(29)30)26-21-18(12-24-27(20)21)22(28)25-17-9-14(2)8-15(3)10-17/h4-12,20,26H,1-3H3,(H,25,28)(H,29,30)/t20-/m1/s1. The number of aliphatic carboxylic acids is 1. The first-order valence-corrected chi connectivity index (χ1v) is 9.57. The quantitative estimate of drug-likeness (QED) is 0.612. The first-order valence-electron chi connectivity index (χ1n) is 9.57. The summed E-state index contributed by atoms with van der Waals surface area (Å²) in [5.74, 6) is -1.11. The summed E-state index contributed by atoms with van der Waals surface area (Å²) in [5, 5.41) is 19.7. The number of benzene rings is 2. The molecule has 2 heterocycles. The van der Waals surface area contributed by atoms with Crippen LogP contribution in [0.4, 0.5) is 11.5 Å². The number of aromatic nitrogens is 2. The molecule has 1 amide bonds. The highest BCUT2D eigenvalue weighted by atomic mass is 16.4. The molecule has 7 nitrogen and oxygen atoms in total. The van der Waals surface area contributed by atoms with Crippen molar-refractivity contribution in [1.29, 1.82) is 0 Å². The van der Waals surface area contributed by atoms with E-state index in [9.17, 15) is 14.7 Å². The Bertz CT molecular complexity index is 1160. The van der Waals surface area contributed by atoms with Crippen LogP contribution < -0.4 is 10.6 Å². The van der Waals surface area contributed by atoms with E-state index < -0.39 is 12.0 Å². The molecule has 3 aromatic rings. The molecule has 2 aromatic carbocycles. The Hall–Kier alpha value is -3.87. The van der Waals surface area contributed by atoms with Gasteiger partial charge in [0.15, 0.2) is 0 Å². The molecule has 1 aromatic heterocycles. The highest BCUT2D eigenvalue weighted by Crippen LogP contribution is 2.32. The third-order valence-corrected chi connectivity index (χ3v) is 5.01. The van der Waals surface area contributed by atoms with Gasteiger partial charge in [-0.1, -0.05) is 35.9 Å². The number of carbonyl (C=O) groups is 2. The predicted molar refractivity (Wildman–Crippen MR) is 115 cm³/mol. The van der Waals surface area contributed by atoms with Gasteiger partial charge in [-0.2, -0.15) is 5.10 Å². The molecule has 1 aliphatic rings. The highest BCUT2D eigenvalue weighted by Gasteiger charge is 2.29. The van der Waals surface area contributed by atoms with E-state index in [2.05, 4.69) is 15.7 Å². The molecule has 7 heteroatoms. The van der Waals surface area contributed by atoms with Crippen molar-refractivity contribution in [2.75, 3.05) is 10.6 Å². The van der Waals surface area contributed by atoms with Crippen LogP contribution >= 0.6 is 0 Å². The van der Waals surface area contributed by atoms with Crippen LogP contribution in [0.5, 0.6) is 0 Å². The summed E-state index contributed by atoms with van der Waals surface area (Å²) < 4.78 is 1.63. The summed E-state index contributed by atoms with van der Waals surface area (Å²) >= 11 is 0. The summed E-state index contributed by atoms with van der Waals surface area (Å²) in [5.41, 5.74) is 5.02. The summed E-state index contributed by atoms with van der Waals surface area (Å²) in [4.78, 5) is 24.7. The largest absolute Gasteiger partial charge is 0.477 e. The molecule has 3 N–H and O–H groups in total. The van der Waals surface area contributed by atoms with Gasteiger partial charge in [-0.25, -0.2) is 9.48 Å². The molecule has 4 rings (SSSR count). The highest BCUT2D eigenvalue weighted by molar-refractivity contribution is 6.08. The van der Waals surface area contributed by atoms with Crippen LogP contribution in [-0.2, 0) is 4.79 Å². The molecule has 1 aliphatic heterocycles. The van der Waals surface area contributed by atoms with E-state index in [1.807, 2.05) is 63.2 Å². The van der Waals surface area contributed by atoms with E-state index in [1.165, 1.54) is 6.20 Å². The van der Waals surface area contributed by atoms with Crippen LogP contribution in [-0.4, -0.2) is 26.8 Å². The Morgan fingerprint density at radius 2 is 1.70 bits per heavy atom. The number of fused-ring (bicyclic) bond motifs is 1. The van der Waals surface area contributed by atoms with E-state index in [-0.39, 0.29) is 17.2 Å². The maximum Gasteiger partial charge on any atom is 0.352 e. The van der Waals surface area contributed by atoms with Gasteiger partial charge in [0.1, 0.15) is 17.1 Å². The van der Waals surface area contributed by atoms with E-state index >= 15 is 0 Å². The lowest BCUT2D eigenvalue weighted by Crippen LogP contribution is -2.25. The monoisotopic (exact) mass is 402 g/mol. The molecule has 0 bridgehead atoms. The second-order valence-electron chi connectivity index (χ2n) is 7.55. The molecule has 0 saturated heterocycles. The Morgan fingerprint density at radius 1 is 1.03 bits per heavy atom. The molecular formula is C23H22N4O3. The average Bonchev–Trinajstić information content (AvgIpc) is 3.11. The van der Waals surface area contributed by atoms with Crippen LogP contribution in [0.15, 0.2) is 60.4 Å². The lowest BCUT2D eigenvalue weighted by atomic mass is 10.0. The number of rotatable bonds is 4. The second-order valence-corrected chi connectivity index (χ2v) is 7.55. The Kier molecular flexibility index (Phi) is 4.87. The SMILES string of the molecule is Cc1ccc([C@H]2C=C(C(=O)O)Nc3c(C(=O)Nc4cc(C)cc(C)c4)cnn32)cc1. The fraction of sp³-hybridized carbons (Fsp3) is 0.174. The van der Waals surface area contributed by atoms with Gasteiger partial charge < -0.3 is 15.7 Å². The summed E-state index contributed by atoms with van der Waals surface area (Å²) in [6.07, 6.45) is 3.05. The minimum absolute atomic E-state index is 0.00836. The van der Waals surface area contributed by atoms with Gasteiger partial charge in [0, 0.05) is 5.69 Å². The molecule has 152 valence electrons. The van der Waals surface area contributed by atoms with Gasteiger partial charge in [-0.15, -0.1) is 0 Å². The van der Waals surface area contributed by atoms with Crippen molar-refractivity contribution in [3.8, 4) is 0 Å². The minimum Gasteiger partial charge on any atom is -0.477 e. The summed E-state index contributed by atoms with van der Waals surface area (Å²) in [6.45, 7) is 5.91. The van der Waals surface area contributed by atoms with Gasteiger partial charge in [0.05, 0.1) is 12.2 Å². The second kappa shape index (κ2) is 7.51. The maximum absolute atomic E-state index is 13.0. The number of aryl methyl sites for hydroxylation is 3. The molecule has 1 atom stereocenters. The fourth-order valence-corrected chi connectivity index (χ4v) is 3.63. The van der Waals surface area contributed by atoms with Crippen molar-refractivity contribution < 1.29 is 14.7 Å². The van der Waals surface area contributed by atoms with E-state index in [0.717, 1.165) is 22.3 Å². The van der Waals surface area contributed by atoms with E-state index in [4.69, 9.17) is 0 Å². The predicted octanol–water partition coefficient (Wildman–Crippen LogP) is 4.04. The van der Waals surface area contributed by atoms with Crippen molar-refractivity contribution in [3.05, 3.63) is 88.3 Å². The number of carbonyl (C=O) groups excluding carboxylic acids is 1. The van der Waals surface area contributed by atoms with Crippen molar-refractivity contribution in [2.45, 2.75) is 26.8 Å². The summed E-state index contributed by atoms with van der Waals surface area (Å²) in [6, 6.07) is 13.1. The number of carboxylic acids is 1. The van der Waals surface area contributed by atoms with Crippen LogP contribution in [0.25, 0.3) is 0 Å². The topological polar surface area (TPSA) is 96.2 Å². The van der Waals surface area contributed by atoms with Crippen LogP contribution in [0.2, 0.25) is 0 Å². The van der Waals surface area contributed by atoms with Crippen LogP contribution in [0, 0.1) is 20.8 Å². The van der Waals surface area contributed by atoms with Crippen molar-refractivity contribution in [3.63, 3.8) is 0 Å². The number of hydrogen-bond acceptors (Lipinski definition) is 4. The van der Waals surface area contributed by atoms with Gasteiger partial charge in [-0.3, -0.25) is 4.79 Å². The maximum atomic E-state index is 13.0. The zero-order valence-electron chi connectivity index (χ0n) is 16.9. The third kappa shape index (κ3) is 3.69. The van der Waals surface area contributed by atoms with Crippen LogP contribution in [0.1, 0.15) is 38.7 Å². The van der Waals surface area contributed by atoms with Gasteiger partial charge in [0.25, 0.3) is 5.91 Å². The van der Waals surface area contributed by atoms with Gasteiger partial charge in [0.2, 0.25) is 0 Å². The van der Waals surface area contributed by atoms with E-state index in [1.54, 1.807) is 10.8 Å². The molecular weight excluding hydrogens is 380 g/mol. The smallest absolute Gasteiger partial charge is 0.352 e. The molecule has 0 aliphatic carbocycles. The average molecular weight is 402 g/mol. The normalized spacial score (nSPS) is 15.0. The molecule has 30 heavy (non-hydrogen) atoms. The summed E-state index contributed by atoms with van der Waals surface area (Å²) in [7, 11) is 0. The number of anilines is 2. The zero-order valence-corrected chi connectivity index (χ0v) is 16.9. The Balaban J connectivity index is 1.71. The lowest BCUT2D eigenvalue weighted by molar-refractivity contribution is -0.132. The Labute approximate surface area is 174 Å². The fourth-order valence-electron chi connectivity index (χ4n) is 3.63. The first kappa shape index (κ1) is 19.4. The molecule has 0 unspecified atom stereocenters. The minimum atomic E-state index is -1.10.